The van der Waals surface area contributed by atoms with E-state index in [0.29, 0.717) is 5.75 Å². The Hall–Kier alpha value is -3.93. The molecule has 3 rings (SSSR count). The van der Waals surface area contributed by atoms with E-state index in [2.05, 4.69) is 25.2 Å². The van der Waals surface area contributed by atoms with Crippen molar-refractivity contribution in [2.75, 3.05) is 7.11 Å². The molecule has 0 spiro atoms. The minimum absolute atomic E-state index is 0.0971. The van der Waals surface area contributed by atoms with Crippen LogP contribution in [0.25, 0.3) is 11.4 Å². The summed E-state index contributed by atoms with van der Waals surface area (Å²) in [6, 6.07) is 7.49. The first-order valence-electron chi connectivity index (χ1n) is 8.59. The van der Waals surface area contributed by atoms with Crippen molar-refractivity contribution < 1.29 is 37.4 Å². The number of aromatic hydroxyl groups is 1. The number of carbonyl (C=O) groups is 1. The summed E-state index contributed by atoms with van der Waals surface area (Å²) < 4.78 is 47.3. The van der Waals surface area contributed by atoms with Crippen LogP contribution < -0.4 is 15.0 Å². The quantitative estimate of drug-likeness (QED) is 0.518. The number of methoxy groups -OCH3 is 1. The number of hydrogen-bond donors (Lipinski definition) is 2. The maximum atomic E-state index is 13.8. The van der Waals surface area contributed by atoms with Gasteiger partial charge in [0.2, 0.25) is 11.8 Å². The summed E-state index contributed by atoms with van der Waals surface area (Å²) in [5.74, 6) is -1.93. The molecule has 9 nitrogen and oxygen atoms in total. The zero-order valence-electron chi connectivity index (χ0n) is 15.9. The van der Waals surface area contributed by atoms with Crippen LogP contribution in [0.5, 0.6) is 17.5 Å². The molecule has 162 valence electrons. The molecule has 0 unspecified atom stereocenters. The number of hydrogen-bond acceptors (Lipinski definition) is 8. The lowest BCUT2D eigenvalue weighted by Gasteiger charge is -2.09. The van der Waals surface area contributed by atoms with E-state index in [4.69, 9.17) is 9.57 Å². The van der Waals surface area contributed by atoms with Gasteiger partial charge in [0, 0.05) is 29.5 Å². The molecule has 2 aromatic heterocycles. The summed E-state index contributed by atoms with van der Waals surface area (Å²) in [5, 5.41) is 9.80. The van der Waals surface area contributed by atoms with Crippen LogP contribution in [0.4, 0.5) is 13.2 Å². The number of halogens is 3. The van der Waals surface area contributed by atoms with E-state index in [1.54, 1.807) is 0 Å². The molecule has 2 heterocycles. The summed E-state index contributed by atoms with van der Waals surface area (Å²) in [4.78, 5) is 28.7. The second kappa shape index (κ2) is 9.71. The van der Waals surface area contributed by atoms with Gasteiger partial charge in [-0.25, -0.2) is 19.8 Å². The van der Waals surface area contributed by atoms with Gasteiger partial charge in [-0.1, -0.05) is 0 Å². The largest absolute Gasteiger partial charge is 0.497 e. The van der Waals surface area contributed by atoms with E-state index in [1.165, 1.54) is 31.4 Å². The van der Waals surface area contributed by atoms with Crippen LogP contribution in [0.15, 0.2) is 42.6 Å². The Morgan fingerprint density at radius 2 is 2.00 bits per heavy atom. The lowest BCUT2D eigenvalue weighted by Crippen LogP contribution is -2.25. The molecule has 31 heavy (non-hydrogen) atoms. The van der Waals surface area contributed by atoms with Gasteiger partial charge < -0.3 is 14.6 Å². The highest BCUT2D eigenvalue weighted by Gasteiger charge is 2.15. The van der Waals surface area contributed by atoms with E-state index < -0.39 is 24.2 Å². The number of ether oxygens (including phenoxy) is 2. The van der Waals surface area contributed by atoms with Crippen LogP contribution in [0, 0.1) is 5.82 Å². The molecule has 0 atom stereocenters. The number of rotatable bonds is 8. The summed E-state index contributed by atoms with van der Waals surface area (Å²) in [6.45, 7) is -3.33. The summed E-state index contributed by atoms with van der Waals surface area (Å²) in [6.07, 6.45) is 1.14. The van der Waals surface area contributed by atoms with Crippen LogP contribution in [-0.4, -0.2) is 39.7 Å². The van der Waals surface area contributed by atoms with Gasteiger partial charge in [0.05, 0.1) is 7.11 Å². The number of carbonyl (C=O) groups excluding carboxylic acids is 1. The Labute approximate surface area is 173 Å². The first kappa shape index (κ1) is 21.8. The second-order valence-electron chi connectivity index (χ2n) is 5.88. The molecule has 0 aliphatic rings. The van der Waals surface area contributed by atoms with Gasteiger partial charge in [-0.15, -0.1) is 0 Å². The predicted octanol–water partition coefficient (Wildman–Crippen LogP) is 2.85. The molecule has 0 saturated heterocycles. The number of alkyl halides is 2. The highest BCUT2D eigenvalue weighted by atomic mass is 19.3. The minimum atomic E-state index is -3.03. The van der Waals surface area contributed by atoms with Gasteiger partial charge in [0.15, 0.2) is 5.82 Å². The molecular weight excluding hydrogens is 421 g/mol. The van der Waals surface area contributed by atoms with E-state index in [1.807, 2.05) is 0 Å². The fourth-order valence-electron chi connectivity index (χ4n) is 2.37. The zero-order chi connectivity index (χ0) is 22.4. The van der Waals surface area contributed by atoms with Gasteiger partial charge in [-0.3, -0.25) is 9.63 Å². The first-order valence-corrected chi connectivity index (χ1v) is 8.59. The zero-order valence-corrected chi connectivity index (χ0v) is 15.9. The molecule has 0 saturated carbocycles. The Morgan fingerprint density at radius 3 is 2.68 bits per heavy atom. The Bertz CT molecular complexity index is 1070. The van der Waals surface area contributed by atoms with Crippen molar-refractivity contribution in [3.8, 4) is 28.9 Å². The van der Waals surface area contributed by atoms with Crippen molar-refractivity contribution in [2.45, 2.75) is 13.2 Å². The number of nitrogens with one attached hydrogen (secondary N) is 1. The Kier molecular flexibility index (Phi) is 6.82. The lowest BCUT2D eigenvalue weighted by atomic mass is 10.2. The van der Waals surface area contributed by atoms with E-state index >= 15 is 0 Å². The molecular formula is C19H15F3N4O5. The highest BCUT2D eigenvalue weighted by Crippen LogP contribution is 2.21. The fraction of sp³-hybridized carbons (Fsp3) is 0.158. The topological polar surface area (TPSA) is 116 Å². The van der Waals surface area contributed by atoms with Gasteiger partial charge in [0.1, 0.15) is 23.9 Å². The van der Waals surface area contributed by atoms with E-state index in [-0.39, 0.29) is 35.1 Å². The number of hydroxylamine groups is 1. The highest BCUT2D eigenvalue weighted by molar-refractivity contribution is 5.92. The van der Waals surface area contributed by atoms with Crippen molar-refractivity contribution in [1.29, 1.82) is 0 Å². The smallest absolute Gasteiger partial charge is 0.388 e. The van der Waals surface area contributed by atoms with E-state index in [9.17, 15) is 23.1 Å². The number of benzene rings is 1. The average molecular weight is 436 g/mol. The number of nitrogens with zero attached hydrogens (tertiary/aromatic N) is 3. The molecule has 0 fully saturated rings. The van der Waals surface area contributed by atoms with Gasteiger partial charge in [-0.05, 0) is 24.3 Å². The average Bonchev–Trinajstić information content (AvgIpc) is 2.74. The van der Waals surface area contributed by atoms with Gasteiger partial charge >= 0.3 is 6.61 Å². The third kappa shape index (κ3) is 5.79. The standard InChI is InChI=1S/C19H15F3N4O5/c1-29-12-3-4-13(20)11(6-12)9-30-26-18(28)14-7-15(27)25-17(24-14)10-2-5-16(23-8-10)31-19(21)22/h2-8,19H,9H2,1H3,(H,26,28)(H,24,25,27). The molecule has 2 N–H and O–H groups in total. The first-order chi connectivity index (χ1) is 14.9. The molecule has 3 aromatic rings. The molecule has 0 bridgehead atoms. The van der Waals surface area contributed by atoms with Crippen LogP contribution in [0.3, 0.4) is 0 Å². The van der Waals surface area contributed by atoms with Crippen LogP contribution in [-0.2, 0) is 11.4 Å². The van der Waals surface area contributed by atoms with Crippen molar-refractivity contribution in [2.24, 2.45) is 0 Å². The third-order valence-corrected chi connectivity index (χ3v) is 3.80. The molecule has 0 aliphatic carbocycles. The fourth-order valence-corrected chi connectivity index (χ4v) is 2.37. The van der Waals surface area contributed by atoms with Crippen LogP contribution >= 0.6 is 0 Å². The normalized spacial score (nSPS) is 10.7. The summed E-state index contributed by atoms with van der Waals surface area (Å²) in [5.41, 5.74) is 2.19. The van der Waals surface area contributed by atoms with Crippen molar-refractivity contribution in [1.82, 2.24) is 20.4 Å². The van der Waals surface area contributed by atoms with Crippen molar-refractivity contribution in [3.63, 3.8) is 0 Å². The maximum absolute atomic E-state index is 13.8. The number of aromatic nitrogens is 3. The van der Waals surface area contributed by atoms with E-state index in [0.717, 1.165) is 18.3 Å². The molecule has 0 aliphatic heterocycles. The Morgan fingerprint density at radius 1 is 1.19 bits per heavy atom. The molecule has 12 heteroatoms. The number of amides is 1. The van der Waals surface area contributed by atoms with Gasteiger partial charge in [-0.2, -0.15) is 13.8 Å². The van der Waals surface area contributed by atoms with Crippen molar-refractivity contribution in [3.05, 3.63) is 59.7 Å². The second-order valence-corrected chi connectivity index (χ2v) is 5.88. The van der Waals surface area contributed by atoms with Crippen LogP contribution in [0.2, 0.25) is 0 Å². The van der Waals surface area contributed by atoms with Gasteiger partial charge in [0.25, 0.3) is 5.91 Å². The summed E-state index contributed by atoms with van der Waals surface area (Å²) >= 11 is 0. The monoisotopic (exact) mass is 436 g/mol. The Balaban J connectivity index is 1.69. The molecule has 1 amide bonds. The molecule has 0 radical (unpaired) electrons. The lowest BCUT2D eigenvalue weighted by molar-refractivity contribution is -0.0528. The number of pyridine rings is 1. The third-order valence-electron chi connectivity index (χ3n) is 3.80. The maximum Gasteiger partial charge on any atom is 0.388 e. The minimum Gasteiger partial charge on any atom is -0.497 e. The SMILES string of the molecule is COc1ccc(F)c(CONC(=O)c2cc(O)nc(-c3ccc(OC(F)F)nc3)n2)c1. The van der Waals surface area contributed by atoms with Crippen LogP contribution in [0.1, 0.15) is 16.1 Å². The summed E-state index contributed by atoms with van der Waals surface area (Å²) in [7, 11) is 1.42. The van der Waals surface area contributed by atoms with Crippen molar-refractivity contribution >= 4 is 5.91 Å². The molecule has 1 aromatic carbocycles. The predicted molar refractivity (Wildman–Crippen MR) is 98.8 cm³/mol.